The lowest BCUT2D eigenvalue weighted by atomic mass is 10.1. The van der Waals surface area contributed by atoms with Crippen LogP contribution in [-0.2, 0) is 22.6 Å². The van der Waals surface area contributed by atoms with E-state index >= 15 is 0 Å². The number of methoxy groups -OCH3 is 2. The molecule has 1 N–H and O–H groups in total. The van der Waals surface area contributed by atoms with Gasteiger partial charge >= 0.3 is 0 Å². The Morgan fingerprint density at radius 2 is 1.57 bits per heavy atom. The van der Waals surface area contributed by atoms with Crippen LogP contribution in [0.4, 0.5) is 0 Å². The molecule has 2 aromatic rings. The minimum absolute atomic E-state index is 0.0399. The van der Waals surface area contributed by atoms with Gasteiger partial charge < -0.3 is 19.7 Å². The van der Waals surface area contributed by atoms with Gasteiger partial charge in [0.15, 0.2) is 0 Å². The zero-order chi connectivity index (χ0) is 19.9. The molecule has 0 radical (unpaired) electrons. The maximum atomic E-state index is 12.4. The van der Waals surface area contributed by atoms with Crippen LogP contribution in [0, 0.1) is 5.92 Å². The molecule has 1 saturated heterocycles. The summed E-state index contributed by atoms with van der Waals surface area (Å²) >= 11 is 0. The Morgan fingerprint density at radius 1 is 1.00 bits per heavy atom. The van der Waals surface area contributed by atoms with Gasteiger partial charge in [-0.25, -0.2) is 0 Å². The maximum Gasteiger partial charge on any atom is 0.225 e. The van der Waals surface area contributed by atoms with Crippen LogP contribution in [0.25, 0.3) is 0 Å². The molecule has 6 heteroatoms. The summed E-state index contributed by atoms with van der Waals surface area (Å²) in [6.07, 6.45) is 1.03. The molecule has 0 saturated carbocycles. The fourth-order valence-electron chi connectivity index (χ4n) is 3.30. The summed E-state index contributed by atoms with van der Waals surface area (Å²) in [4.78, 5) is 26.5. The standard InChI is InChI=1S/C22H26N2O4/c1-27-19-7-3-16(4-8-19)11-12-24-15-18(13-21(24)25)22(26)23-14-17-5-9-20(28-2)10-6-17/h3-10,18H,11-15H2,1-2H3,(H,23,26). The second-order valence-corrected chi connectivity index (χ2v) is 6.90. The molecule has 1 heterocycles. The molecule has 3 rings (SSSR count). The quantitative estimate of drug-likeness (QED) is 0.761. The van der Waals surface area contributed by atoms with Gasteiger partial charge in [0.2, 0.25) is 11.8 Å². The van der Waals surface area contributed by atoms with Gasteiger partial charge in [0.05, 0.1) is 20.1 Å². The number of hydrogen-bond donors (Lipinski definition) is 1. The molecule has 2 aromatic carbocycles. The number of ether oxygens (including phenoxy) is 2. The van der Waals surface area contributed by atoms with Crippen LogP contribution in [0.2, 0.25) is 0 Å². The molecule has 1 aliphatic heterocycles. The van der Waals surface area contributed by atoms with Crippen LogP contribution in [0.3, 0.4) is 0 Å². The van der Waals surface area contributed by atoms with E-state index in [2.05, 4.69) is 5.32 Å². The second-order valence-electron chi connectivity index (χ2n) is 6.90. The molecule has 148 valence electrons. The highest BCUT2D eigenvalue weighted by Gasteiger charge is 2.33. The highest BCUT2D eigenvalue weighted by Crippen LogP contribution is 2.20. The van der Waals surface area contributed by atoms with E-state index in [1.54, 1.807) is 19.1 Å². The van der Waals surface area contributed by atoms with Gasteiger partial charge in [0.1, 0.15) is 11.5 Å². The van der Waals surface area contributed by atoms with Gasteiger partial charge in [-0.05, 0) is 41.8 Å². The normalized spacial score (nSPS) is 16.1. The summed E-state index contributed by atoms with van der Waals surface area (Å²) in [6, 6.07) is 15.4. The van der Waals surface area contributed by atoms with Crippen LogP contribution in [-0.4, -0.2) is 44.0 Å². The van der Waals surface area contributed by atoms with E-state index in [4.69, 9.17) is 9.47 Å². The van der Waals surface area contributed by atoms with E-state index in [1.807, 2.05) is 48.5 Å². The van der Waals surface area contributed by atoms with Gasteiger partial charge in [-0.1, -0.05) is 24.3 Å². The molecule has 1 unspecified atom stereocenters. The van der Waals surface area contributed by atoms with Crippen molar-refractivity contribution in [1.29, 1.82) is 0 Å². The SMILES string of the molecule is COc1ccc(CCN2CC(C(=O)NCc3ccc(OC)cc3)CC2=O)cc1. The van der Waals surface area contributed by atoms with Crippen molar-refractivity contribution in [3.63, 3.8) is 0 Å². The van der Waals surface area contributed by atoms with Crippen LogP contribution in [0.5, 0.6) is 11.5 Å². The van der Waals surface area contributed by atoms with Crippen molar-refractivity contribution < 1.29 is 19.1 Å². The average Bonchev–Trinajstić information content (AvgIpc) is 3.12. The Hall–Kier alpha value is -3.02. The molecule has 28 heavy (non-hydrogen) atoms. The number of rotatable bonds is 8. The van der Waals surface area contributed by atoms with Gasteiger partial charge in [-0.15, -0.1) is 0 Å². The lowest BCUT2D eigenvalue weighted by molar-refractivity contribution is -0.129. The van der Waals surface area contributed by atoms with E-state index in [0.29, 0.717) is 19.6 Å². The Balaban J connectivity index is 1.46. The monoisotopic (exact) mass is 382 g/mol. The van der Waals surface area contributed by atoms with Crippen LogP contribution in [0.15, 0.2) is 48.5 Å². The Labute approximate surface area is 165 Å². The van der Waals surface area contributed by atoms with Crippen LogP contribution >= 0.6 is 0 Å². The number of carbonyl (C=O) groups is 2. The highest BCUT2D eigenvalue weighted by molar-refractivity contribution is 5.89. The third-order valence-corrected chi connectivity index (χ3v) is 5.04. The zero-order valence-electron chi connectivity index (χ0n) is 16.3. The minimum Gasteiger partial charge on any atom is -0.497 e. The van der Waals surface area contributed by atoms with E-state index in [0.717, 1.165) is 29.0 Å². The fourth-order valence-corrected chi connectivity index (χ4v) is 3.30. The topological polar surface area (TPSA) is 67.9 Å². The highest BCUT2D eigenvalue weighted by atomic mass is 16.5. The fraction of sp³-hybridized carbons (Fsp3) is 0.364. The van der Waals surface area contributed by atoms with Crippen molar-refractivity contribution >= 4 is 11.8 Å². The predicted molar refractivity (Wildman–Crippen MR) is 106 cm³/mol. The molecule has 1 aliphatic rings. The summed E-state index contributed by atoms with van der Waals surface area (Å²) < 4.78 is 10.3. The summed E-state index contributed by atoms with van der Waals surface area (Å²) in [7, 11) is 3.26. The maximum absolute atomic E-state index is 12.4. The molecule has 0 aromatic heterocycles. The molecule has 6 nitrogen and oxygen atoms in total. The van der Waals surface area contributed by atoms with Crippen molar-refractivity contribution in [1.82, 2.24) is 10.2 Å². The van der Waals surface area contributed by atoms with Crippen molar-refractivity contribution in [3.8, 4) is 11.5 Å². The summed E-state index contributed by atoms with van der Waals surface area (Å²) in [5.74, 6) is 1.27. The summed E-state index contributed by atoms with van der Waals surface area (Å²) in [6.45, 7) is 1.54. The third kappa shape index (κ3) is 5.03. The average molecular weight is 382 g/mol. The number of hydrogen-bond acceptors (Lipinski definition) is 4. The molecule has 1 fully saturated rings. The Bertz CT molecular complexity index is 802. The van der Waals surface area contributed by atoms with Gasteiger partial charge in [-0.3, -0.25) is 9.59 Å². The van der Waals surface area contributed by atoms with Crippen molar-refractivity contribution in [2.45, 2.75) is 19.4 Å². The number of carbonyl (C=O) groups excluding carboxylic acids is 2. The van der Waals surface area contributed by atoms with Crippen molar-refractivity contribution in [2.75, 3.05) is 27.3 Å². The van der Waals surface area contributed by atoms with Crippen LogP contribution in [0.1, 0.15) is 17.5 Å². The van der Waals surface area contributed by atoms with Crippen molar-refractivity contribution in [2.24, 2.45) is 5.92 Å². The molecule has 0 spiro atoms. The molecular weight excluding hydrogens is 356 g/mol. The van der Waals surface area contributed by atoms with E-state index in [-0.39, 0.29) is 24.2 Å². The molecule has 1 atom stereocenters. The van der Waals surface area contributed by atoms with Crippen molar-refractivity contribution in [3.05, 3.63) is 59.7 Å². The van der Waals surface area contributed by atoms with E-state index in [9.17, 15) is 9.59 Å². The lowest BCUT2D eigenvalue weighted by Gasteiger charge is -2.17. The number of benzene rings is 2. The Kier molecular flexibility index (Phi) is 6.53. The van der Waals surface area contributed by atoms with Gasteiger partial charge in [0, 0.05) is 26.1 Å². The predicted octanol–water partition coefficient (Wildman–Crippen LogP) is 2.41. The number of nitrogens with zero attached hydrogens (tertiary/aromatic N) is 1. The number of nitrogens with one attached hydrogen (secondary N) is 1. The summed E-state index contributed by atoms with van der Waals surface area (Å²) in [5.41, 5.74) is 2.14. The number of amides is 2. The summed E-state index contributed by atoms with van der Waals surface area (Å²) in [5, 5.41) is 2.93. The largest absolute Gasteiger partial charge is 0.497 e. The molecule has 2 amide bonds. The molecule has 0 bridgehead atoms. The lowest BCUT2D eigenvalue weighted by Crippen LogP contribution is -2.33. The minimum atomic E-state index is -0.290. The first-order chi connectivity index (χ1) is 13.6. The first-order valence-electron chi connectivity index (χ1n) is 9.40. The second kappa shape index (κ2) is 9.26. The zero-order valence-corrected chi connectivity index (χ0v) is 16.3. The first kappa shape index (κ1) is 19.7. The van der Waals surface area contributed by atoms with Gasteiger partial charge in [-0.2, -0.15) is 0 Å². The first-order valence-corrected chi connectivity index (χ1v) is 9.40. The molecular formula is C22H26N2O4. The van der Waals surface area contributed by atoms with E-state index in [1.165, 1.54) is 0 Å². The number of likely N-dealkylation sites (tertiary alicyclic amines) is 1. The van der Waals surface area contributed by atoms with Crippen LogP contribution < -0.4 is 14.8 Å². The smallest absolute Gasteiger partial charge is 0.225 e. The van der Waals surface area contributed by atoms with Gasteiger partial charge in [0.25, 0.3) is 0 Å². The van der Waals surface area contributed by atoms with E-state index < -0.39 is 0 Å². The Morgan fingerprint density at radius 3 is 2.14 bits per heavy atom. The third-order valence-electron chi connectivity index (χ3n) is 5.04. The molecule has 0 aliphatic carbocycles.